The molecule has 0 atom stereocenters. The third-order valence-electron chi connectivity index (χ3n) is 2.09. The van der Waals surface area contributed by atoms with Crippen LogP contribution in [0.2, 0.25) is 0 Å². The Morgan fingerprint density at radius 1 is 0.950 bits per heavy atom. The van der Waals surface area contributed by atoms with Gasteiger partial charge in [-0.15, -0.1) is 0 Å². The van der Waals surface area contributed by atoms with Gasteiger partial charge in [0.2, 0.25) is 0 Å². The van der Waals surface area contributed by atoms with Crippen LogP contribution in [0.5, 0.6) is 0 Å². The summed E-state index contributed by atoms with van der Waals surface area (Å²) in [6, 6.07) is 0. The van der Waals surface area contributed by atoms with E-state index >= 15 is 0 Å². The van der Waals surface area contributed by atoms with Gasteiger partial charge in [0.05, 0.1) is 0 Å². The van der Waals surface area contributed by atoms with Crippen molar-refractivity contribution in [3.8, 4) is 0 Å². The summed E-state index contributed by atoms with van der Waals surface area (Å²) in [4.78, 5) is 20.3. The minimum atomic E-state index is -1.03. The summed E-state index contributed by atoms with van der Waals surface area (Å²) in [5.74, 6) is -1.27. The molecule has 0 saturated heterocycles. The third-order valence-corrected chi connectivity index (χ3v) is 3.48. The van der Waals surface area contributed by atoms with Crippen molar-refractivity contribution in [2.75, 3.05) is 12.3 Å². The number of rotatable bonds is 10. The zero-order valence-corrected chi connectivity index (χ0v) is 20.0. The van der Waals surface area contributed by atoms with Gasteiger partial charge in [-0.2, -0.15) is 0 Å². The van der Waals surface area contributed by atoms with Crippen molar-refractivity contribution in [3.05, 3.63) is 0 Å². The first-order valence-corrected chi connectivity index (χ1v) is 7.22. The topological polar surface area (TPSA) is 92.3 Å². The van der Waals surface area contributed by atoms with Crippen molar-refractivity contribution in [2.24, 2.45) is 0 Å². The summed E-state index contributed by atoms with van der Waals surface area (Å²) in [5.41, 5.74) is 0. The molecule has 0 radical (unpaired) electrons. The average Bonchev–Trinajstić information content (AvgIpc) is 2.27. The molecule has 5 nitrogen and oxygen atoms in total. The van der Waals surface area contributed by atoms with E-state index in [1.165, 1.54) is 11.8 Å². The Morgan fingerprint density at radius 3 is 1.95 bits per heavy atom. The predicted octanol–water partition coefficient (Wildman–Crippen LogP) is -6.56. The standard InChI is InChI=1S/C11H19NO4S2.2K/c13-9(14)5-1-3-7-12-11(17)18-8-4-2-6-10(15)16;;/h1-8H2,(H,12,17)(H,13,14)(H,15,16);;/q;2*+1/p-2. The molecule has 0 aliphatic carbocycles. The summed E-state index contributed by atoms with van der Waals surface area (Å²) >= 11 is 6.52. The fourth-order valence-electron chi connectivity index (χ4n) is 1.17. The van der Waals surface area contributed by atoms with Crippen molar-refractivity contribution in [1.29, 1.82) is 0 Å². The predicted molar refractivity (Wildman–Crippen MR) is 70.8 cm³/mol. The van der Waals surface area contributed by atoms with Gasteiger partial charge >= 0.3 is 103 Å². The van der Waals surface area contributed by atoms with E-state index in [9.17, 15) is 19.8 Å². The molecule has 1 N–H and O–H groups in total. The molecule has 0 aromatic rings. The second-order valence-corrected chi connectivity index (χ2v) is 5.49. The number of hydrogen-bond donors (Lipinski definition) is 1. The van der Waals surface area contributed by atoms with Crippen LogP contribution < -0.4 is 118 Å². The maximum Gasteiger partial charge on any atom is 1.00 e. The van der Waals surface area contributed by atoms with Crippen LogP contribution in [0.3, 0.4) is 0 Å². The molecule has 0 saturated carbocycles. The maximum atomic E-state index is 10.1. The van der Waals surface area contributed by atoms with E-state index in [1.807, 2.05) is 0 Å². The Bertz CT molecular complexity index is 268. The van der Waals surface area contributed by atoms with E-state index in [1.54, 1.807) is 0 Å². The molecule has 0 unspecified atom stereocenters. The van der Waals surface area contributed by atoms with Crippen molar-refractivity contribution in [2.45, 2.75) is 38.5 Å². The van der Waals surface area contributed by atoms with E-state index in [0.29, 0.717) is 23.7 Å². The van der Waals surface area contributed by atoms with Crippen LogP contribution in [0.25, 0.3) is 0 Å². The Balaban J connectivity index is -0.00000144. The quantitative estimate of drug-likeness (QED) is 0.233. The molecule has 0 aliphatic heterocycles. The van der Waals surface area contributed by atoms with Crippen LogP contribution in [-0.4, -0.2) is 28.6 Å². The molecule has 0 fully saturated rings. The minimum Gasteiger partial charge on any atom is -0.550 e. The van der Waals surface area contributed by atoms with Gasteiger partial charge in [0.1, 0.15) is 4.32 Å². The first-order valence-electron chi connectivity index (χ1n) is 5.82. The van der Waals surface area contributed by atoms with Crippen LogP contribution in [0.15, 0.2) is 0 Å². The van der Waals surface area contributed by atoms with Crippen molar-refractivity contribution in [3.63, 3.8) is 0 Å². The van der Waals surface area contributed by atoms with Gasteiger partial charge in [-0.05, 0) is 38.5 Å². The SMILES string of the molecule is O=C([O-])CCCCNC(=S)SCCCCC(=O)[O-].[K+].[K+]. The Hall–Kier alpha value is 2.45. The number of thioether (sulfide) groups is 1. The second-order valence-electron chi connectivity index (χ2n) is 3.72. The van der Waals surface area contributed by atoms with Crippen LogP contribution >= 0.6 is 24.0 Å². The van der Waals surface area contributed by atoms with Gasteiger partial charge in [0, 0.05) is 24.2 Å². The van der Waals surface area contributed by atoms with E-state index in [-0.39, 0.29) is 116 Å². The minimum absolute atomic E-state index is 0. The molecule has 0 aromatic carbocycles. The monoisotopic (exact) mass is 369 g/mol. The normalized spacial score (nSPS) is 9.00. The van der Waals surface area contributed by atoms with Gasteiger partial charge < -0.3 is 25.1 Å². The number of thiocarbonyl (C=S) groups is 1. The third kappa shape index (κ3) is 22.7. The molecule has 0 aromatic heterocycles. The number of hydrogen-bond acceptors (Lipinski definition) is 6. The van der Waals surface area contributed by atoms with Crippen LogP contribution in [0.4, 0.5) is 0 Å². The number of nitrogens with one attached hydrogen (secondary N) is 1. The van der Waals surface area contributed by atoms with Gasteiger partial charge in [0.25, 0.3) is 0 Å². The van der Waals surface area contributed by atoms with E-state index in [0.717, 1.165) is 18.6 Å². The summed E-state index contributed by atoms with van der Waals surface area (Å²) in [6.07, 6.45) is 2.86. The maximum absolute atomic E-state index is 10.1. The van der Waals surface area contributed by atoms with Gasteiger partial charge in [0.15, 0.2) is 0 Å². The molecular weight excluding hydrogens is 352 g/mol. The molecule has 0 heterocycles. The number of carboxylic acids is 2. The van der Waals surface area contributed by atoms with Crippen LogP contribution in [-0.2, 0) is 9.59 Å². The Morgan fingerprint density at radius 2 is 1.45 bits per heavy atom. The zero-order valence-electron chi connectivity index (χ0n) is 12.1. The van der Waals surface area contributed by atoms with E-state index in [4.69, 9.17) is 12.2 Å². The molecule has 0 spiro atoms. The summed E-state index contributed by atoms with van der Waals surface area (Å²) in [7, 11) is 0. The first-order chi connectivity index (χ1) is 8.52. The first kappa shape index (κ1) is 27.3. The average molecular weight is 370 g/mol. The van der Waals surface area contributed by atoms with E-state index < -0.39 is 11.9 Å². The Labute approximate surface area is 214 Å². The molecule has 0 amide bonds. The molecular formula is C11H17K2NO4S2. The number of carbonyl (C=O) groups excluding carboxylic acids is 2. The van der Waals surface area contributed by atoms with E-state index in [2.05, 4.69) is 5.32 Å². The number of aliphatic carboxylic acids is 2. The largest absolute Gasteiger partial charge is 1.00 e. The molecule has 9 heteroatoms. The summed E-state index contributed by atoms with van der Waals surface area (Å²) < 4.78 is 0.664. The Kier molecular flexibility index (Phi) is 26.6. The van der Waals surface area contributed by atoms with Gasteiger partial charge in [-0.25, -0.2) is 0 Å². The molecule has 0 rings (SSSR count). The fraction of sp³-hybridized carbons (Fsp3) is 0.727. The number of carboxylic acid groups (broad SMARTS) is 2. The van der Waals surface area contributed by atoms with Crippen molar-refractivity contribution in [1.82, 2.24) is 5.32 Å². The van der Waals surface area contributed by atoms with Crippen LogP contribution in [0, 0.1) is 0 Å². The summed E-state index contributed by atoms with van der Waals surface area (Å²) in [6.45, 7) is 0.651. The zero-order chi connectivity index (χ0) is 13.8. The van der Waals surface area contributed by atoms with Crippen molar-refractivity contribution < 1.29 is 123 Å². The molecule has 0 aliphatic rings. The number of unbranched alkanes of at least 4 members (excludes halogenated alkanes) is 2. The second kappa shape index (κ2) is 19.5. The van der Waals surface area contributed by atoms with Crippen molar-refractivity contribution >= 4 is 40.2 Å². The summed E-state index contributed by atoms with van der Waals surface area (Å²) in [5, 5.41) is 23.3. The van der Waals surface area contributed by atoms with Gasteiger partial charge in [-0.1, -0.05) is 24.0 Å². The van der Waals surface area contributed by atoms with Gasteiger partial charge in [-0.3, -0.25) is 0 Å². The smallest absolute Gasteiger partial charge is 0.550 e. The number of carbonyl (C=O) groups is 2. The molecule has 104 valence electrons. The fourth-order valence-corrected chi connectivity index (χ4v) is 2.26. The molecule has 20 heavy (non-hydrogen) atoms. The molecule has 0 bridgehead atoms. The van der Waals surface area contributed by atoms with Crippen LogP contribution in [0.1, 0.15) is 38.5 Å².